The molecule has 0 atom stereocenters. The molecule has 7 heteroatoms. The molecule has 0 aliphatic heterocycles. The van der Waals surface area contributed by atoms with Crippen LogP contribution in [0.3, 0.4) is 0 Å². The van der Waals surface area contributed by atoms with Gasteiger partial charge in [-0.1, -0.05) is 0 Å². The maximum Gasteiger partial charge on any atom is 0.273 e. The normalized spacial score (nSPS) is 10.2. The van der Waals surface area contributed by atoms with Crippen LogP contribution in [0, 0.1) is 17.0 Å². The minimum atomic E-state index is -0.448. The van der Waals surface area contributed by atoms with Crippen molar-refractivity contribution in [3.05, 3.63) is 44.4 Å². The van der Waals surface area contributed by atoms with E-state index >= 15 is 0 Å². The van der Waals surface area contributed by atoms with Gasteiger partial charge in [-0.3, -0.25) is 10.1 Å². The molecule has 1 aromatic carbocycles. The maximum absolute atomic E-state index is 10.7. The van der Waals surface area contributed by atoms with Crippen LogP contribution in [0.4, 0.5) is 11.4 Å². The number of anilines is 1. The molecule has 1 aromatic heterocycles. The average molecular weight is 279 g/mol. The number of hydrogen-bond donors (Lipinski definition) is 1. The fourth-order valence-corrected chi connectivity index (χ4v) is 2.23. The summed E-state index contributed by atoms with van der Waals surface area (Å²) in [6.45, 7) is 2.50. The second kappa shape index (κ2) is 5.66. The minimum Gasteiger partial charge on any atom is -0.494 e. The zero-order valence-electron chi connectivity index (χ0n) is 10.5. The van der Waals surface area contributed by atoms with Gasteiger partial charge in [0.15, 0.2) is 0 Å². The smallest absolute Gasteiger partial charge is 0.273 e. The Labute approximate surface area is 114 Å². The summed E-state index contributed by atoms with van der Waals surface area (Å²) in [6.07, 6.45) is 0. The molecule has 100 valence electrons. The number of aromatic nitrogens is 1. The molecular formula is C12H13N3O3S. The zero-order chi connectivity index (χ0) is 13.8. The highest BCUT2D eigenvalue weighted by Gasteiger charge is 2.11. The quantitative estimate of drug-likeness (QED) is 0.672. The Bertz CT molecular complexity index is 598. The van der Waals surface area contributed by atoms with Crippen molar-refractivity contribution in [2.45, 2.75) is 13.5 Å². The second-order valence-electron chi connectivity index (χ2n) is 3.85. The number of methoxy groups -OCH3 is 1. The molecule has 0 bridgehead atoms. The van der Waals surface area contributed by atoms with Gasteiger partial charge in [0.25, 0.3) is 5.69 Å². The van der Waals surface area contributed by atoms with E-state index in [1.165, 1.54) is 19.2 Å². The molecular weight excluding hydrogens is 266 g/mol. The van der Waals surface area contributed by atoms with Crippen molar-refractivity contribution in [3.63, 3.8) is 0 Å². The Balaban J connectivity index is 2.13. The van der Waals surface area contributed by atoms with Gasteiger partial charge < -0.3 is 10.1 Å². The topological polar surface area (TPSA) is 77.3 Å². The number of nitro groups is 1. The lowest BCUT2D eigenvalue weighted by Gasteiger charge is -2.09. The predicted molar refractivity (Wildman–Crippen MR) is 73.8 cm³/mol. The lowest BCUT2D eigenvalue weighted by atomic mass is 10.2. The first-order valence-electron chi connectivity index (χ1n) is 5.57. The first-order valence-corrected chi connectivity index (χ1v) is 6.45. The molecule has 1 N–H and O–H groups in total. The Hall–Kier alpha value is -2.15. The number of hydrogen-bond acceptors (Lipinski definition) is 6. The summed E-state index contributed by atoms with van der Waals surface area (Å²) < 4.78 is 5.15. The van der Waals surface area contributed by atoms with Crippen LogP contribution in [0.15, 0.2) is 23.6 Å². The minimum absolute atomic E-state index is 0.00639. The molecule has 6 nitrogen and oxygen atoms in total. The van der Waals surface area contributed by atoms with Gasteiger partial charge in [-0.05, 0) is 13.0 Å². The summed E-state index contributed by atoms with van der Waals surface area (Å²) in [5, 5.41) is 16.8. The molecule has 2 rings (SSSR count). The van der Waals surface area contributed by atoms with Crippen molar-refractivity contribution in [2.24, 2.45) is 0 Å². The first-order chi connectivity index (χ1) is 9.10. The number of benzene rings is 1. The fourth-order valence-electron chi connectivity index (χ4n) is 1.61. The summed E-state index contributed by atoms with van der Waals surface area (Å²) >= 11 is 1.58. The van der Waals surface area contributed by atoms with E-state index in [1.54, 1.807) is 17.4 Å². The number of nitrogens with one attached hydrogen (secondary N) is 1. The lowest BCUT2D eigenvalue weighted by molar-refractivity contribution is -0.384. The summed E-state index contributed by atoms with van der Waals surface area (Å²) in [5.74, 6) is 0.446. The van der Waals surface area contributed by atoms with Crippen LogP contribution in [-0.2, 0) is 6.54 Å². The second-order valence-corrected chi connectivity index (χ2v) is 4.92. The summed E-state index contributed by atoms with van der Waals surface area (Å²) in [7, 11) is 1.48. The van der Waals surface area contributed by atoms with Crippen molar-refractivity contribution < 1.29 is 9.66 Å². The molecule has 2 aromatic rings. The lowest BCUT2D eigenvalue weighted by Crippen LogP contribution is -2.02. The third-order valence-corrected chi connectivity index (χ3v) is 3.34. The van der Waals surface area contributed by atoms with Gasteiger partial charge >= 0.3 is 0 Å². The van der Waals surface area contributed by atoms with Crippen LogP contribution in [0.1, 0.15) is 10.7 Å². The van der Waals surface area contributed by atoms with E-state index in [1.807, 2.05) is 12.3 Å². The van der Waals surface area contributed by atoms with Gasteiger partial charge in [0.05, 0.1) is 41.0 Å². The summed E-state index contributed by atoms with van der Waals surface area (Å²) in [4.78, 5) is 14.6. The largest absolute Gasteiger partial charge is 0.494 e. The molecule has 0 fully saturated rings. The van der Waals surface area contributed by atoms with Crippen molar-refractivity contribution in [1.29, 1.82) is 0 Å². The van der Waals surface area contributed by atoms with Crippen LogP contribution < -0.4 is 10.1 Å². The van der Waals surface area contributed by atoms with Crippen LogP contribution in [0.5, 0.6) is 5.75 Å². The first kappa shape index (κ1) is 13.3. The fraction of sp³-hybridized carbons (Fsp3) is 0.250. The zero-order valence-corrected chi connectivity index (χ0v) is 11.4. The SMILES string of the molecule is COc1cc([N+](=O)[O-])ccc1NCc1csc(C)n1. The standard InChI is InChI=1S/C12H13N3O3S/c1-8-14-9(7-19-8)6-13-11-4-3-10(15(16)17)5-12(11)18-2/h3-5,7,13H,6H2,1-2H3. The van der Waals surface area contributed by atoms with E-state index in [9.17, 15) is 10.1 Å². The van der Waals surface area contributed by atoms with Gasteiger partial charge in [0, 0.05) is 11.4 Å². The summed E-state index contributed by atoms with van der Waals surface area (Å²) in [5.41, 5.74) is 1.65. The highest BCUT2D eigenvalue weighted by Crippen LogP contribution is 2.29. The van der Waals surface area contributed by atoms with E-state index in [0.29, 0.717) is 18.0 Å². The highest BCUT2D eigenvalue weighted by atomic mass is 32.1. The van der Waals surface area contributed by atoms with Crippen molar-refractivity contribution in [1.82, 2.24) is 4.98 Å². The van der Waals surface area contributed by atoms with Crippen LogP contribution >= 0.6 is 11.3 Å². The van der Waals surface area contributed by atoms with Gasteiger partial charge in [0.2, 0.25) is 0 Å². The van der Waals surface area contributed by atoms with Gasteiger partial charge in [0.1, 0.15) is 5.75 Å². The number of nitrogens with zero attached hydrogens (tertiary/aromatic N) is 2. The van der Waals surface area contributed by atoms with Crippen LogP contribution in [-0.4, -0.2) is 17.0 Å². The Kier molecular flexibility index (Phi) is 3.96. The van der Waals surface area contributed by atoms with E-state index < -0.39 is 4.92 Å². The average Bonchev–Trinajstić information content (AvgIpc) is 2.81. The molecule has 0 radical (unpaired) electrons. The van der Waals surface area contributed by atoms with Gasteiger partial charge in [-0.2, -0.15) is 0 Å². The highest BCUT2D eigenvalue weighted by molar-refractivity contribution is 7.09. The molecule has 0 saturated carbocycles. The third-order valence-electron chi connectivity index (χ3n) is 2.52. The van der Waals surface area contributed by atoms with Crippen molar-refractivity contribution >= 4 is 22.7 Å². The van der Waals surface area contributed by atoms with Gasteiger partial charge in [-0.15, -0.1) is 11.3 Å². The Morgan fingerprint density at radius 2 is 2.32 bits per heavy atom. The molecule has 0 saturated heterocycles. The molecule has 0 aliphatic carbocycles. The van der Waals surface area contributed by atoms with E-state index in [4.69, 9.17) is 4.74 Å². The number of thiazole rings is 1. The number of ether oxygens (including phenoxy) is 1. The molecule has 0 unspecified atom stereocenters. The summed E-state index contributed by atoms with van der Waals surface area (Å²) in [6, 6.07) is 4.47. The molecule has 19 heavy (non-hydrogen) atoms. The monoisotopic (exact) mass is 279 g/mol. The number of non-ortho nitro benzene ring substituents is 1. The van der Waals surface area contributed by atoms with E-state index in [0.717, 1.165) is 10.7 Å². The maximum atomic E-state index is 10.7. The molecule has 1 heterocycles. The number of aryl methyl sites for hydroxylation is 1. The van der Waals surface area contributed by atoms with E-state index in [2.05, 4.69) is 10.3 Å². The Morgan fingerprint density at radius 3 is 2.89 bits per heavy atom. The Morgan fingerprint density at radius 1 is 1.53 bits per heavy atom. The predicted octanol–water partition coefficient (Wildman–Crippen LogP) is 2.98. The van der Waals surface area contributed by atoms with Crippen LogP contribution in [0.2, 0.25) is 0 Å². The number of nitro benzene ring substituents is 1. The van der Waals surface area contributed by atoms with Crippen molar-refractivity contribution in [2.75, 3.05) is 12.4 Å². The molecule has 0 aliphatic rings. The van der Waals surface area contributed by atoms with E-state index in [-0.39, 0.29) is 5.69 Å². The molecule has 0 spiro atoms. The molecule has 0 amide bonds. The van der Waals surface area contributed by atoms with Crippen molar-refractivity contribution in [3.8, 4) is 5.75 Å². The number of rotatable bonds is 5. The van der Waals surface area contributed by atoms with Gasteiger partial charge in [-0.25, -0.2) is 4.98 Å². The van der Waals surface area contributed by atoms with Crippen LogP contribution in [0.25, 0.3) is 0 Å². The third kappa shape index (κ3) is 3.19.